The fourth-order valence-electron chi connectivity index (χ4n) is 2.18. The molecule has 0 aliphatic heterocycles. The standard InChI is InChI=1S/C17H20N4O4/c1-3-25-13-6-4-12(5-7-13)14-8-9-16(23)21(20-14)11(2)17(24)19-10-15(18)22/h4-9,11H,3,10H2,1-2H3,(H2,18,22)(H,19,24). The van der Waals surface area contributed by atoms with E-state index in [1.54, 1.807) is 18.2 Å². The Kier molecular flexibility index (Phi) is 5.89. The molecule has 0 bridgehead atoms. The number of nitrogens with one attached hydrogen (secondary N) is 1. The van der Waals surface area contributed by atoms with Crippen LogP contribution < -0.4 is 21.3 Å². The summed E-state index contributed by atoms with van der Waals surface area (Å²) >= 11 is 0. The van der Waals surface area contributed by atoms with Crippen molar-refractivity contribution in [2.45, 2.75) is 19.9 Å². The van der Waals surface area contributed by atoms with Crippen LogP contribution in [0.25, 0.3) is 11.3 Å². The Labute approximate surface area is 144 Å². The maximum Gasteiger partial charge on any atom is 0.267 e. The van der Waals surface area contributed by atoms with Gasteiger partial charge in [0.2, 0.25) is 11.8 Å². The second kappa shape index (κ2) is 8.09. The molecule has 0 saturated heterocycles. The van der Waals surface area contributed by atoms with E-state index in [-0.39, 0.29) is 6.54 Å². The fourth-order valence-corrected chi connectivity index (χ4v) is 2.18. The van der Waals surface area contributed by atoms with Gasteiger partial charge < -0.3 is 15.8 Å². The molecule has 1 unspecified atom stereocenters. The first-order chi connectivity index (χ1) is 11.9. The molecule has 1 aromatic carbocycles. The van der Waals surface area contributed by atoms with Crippen molar-refractivity contribution in [3.8, 4) is 17.0 Å². The van der Waals surface area contributed by atoms with E-state index in [1.807, 2.05) is 19.1 Å². The molecule has 2 amide bonds. The first kappa shape index (κ1) is 18.2. The van der Waals surface area contributed by atoms with Crippen molar-refractivity contribution in [3.63, 3.8) is 0 Å². The van der Waals surface area contributed by atoms with Crippen LogP contribution in [0.2, 0.25) is 0 Å². The molecule has 25 heavy (non-hydrogen) atoms. The number of rotatable bonds is 7. The second-order valence-corrected chi connectivity index (χ2v) is 5.32. The SMILES string of the molecule is CCOc1ccc(-c2ccc(=O)n(C(C)C(=O)NCC(N)=O)n2)cc1. The highest BCUT2D eigenvalue weighted by molar-refractivity contribution is 5.85. The van der Waals surface area contributed by atoms with E-state index in [0.717, 1.165) is 16.0 Å². The summed E-state index contributed by atoms with van der Waals surface area (Å²) in [5.74, 6) is -0.444. The molecule has 0 saturated carbocycles. The van der Waals surface area contributed by atoms with E-state index in [9.17, 15) is 14.4 Å². The van der Waals surface area contributed by atoms with Gasteiger partial charge in [-0.15, -0.1) is 0 Å². The number of carbonyl (C=O) groups is 2. The maximum atomic E-state index is 12.0. The predicted octanol–water partition coefficient (Wildman–Crippen LogP) is 0.472. The molecule has 1 aromatic heterocycles. The maximum absolute atomic E-state index is 12.0. The van der Waals surface area contributed by atoms with Crippen LogP contribution in [0.5, 0.6) is 5.75 Å². The molecule has 0 aliphatic carbocycles. The van der Waals surface area contributed by atoms with Gasteiger partial charge in [-0.1, -0.05) is 0 Å². The van der Waals surface area contributed by atoms with Gasteiger partial charge in [0, 0.05) is 11.6 Å². The van der Waals surface area contributed by atoms with Crippen molar-refractivity contribution < 1.29 is 14.3 Å². The van der Waals surface area contributed by atoms with Gasteiger partial charge in [0.1, 0.15) is 11.8 Å². The van der Waals surface area contributed by atoms with Gasteiger partial charge >= 0.3 is 0 Å². The highest BCUT2D eigenvalue weighted by Crippen LogP contribution is 2.20. The fraction of sp³-hybridized carbons (Fsp3) is 0.294. The van der Waals surface area contributed by atoms with E-state index in [2.05, 4.69) is 10.4 Å². The molecular weight excluding hydrogens is 324 g/mol. The van der Waals surface area contributed by atoms with Crippen molar-refractivity contribution in [2.24, 2.45) is 5.73 Å². The smallest absolute Gasteiger partial charge is 0.267 e. The van der Waals surface area contributed by atoms with E-state index in [4.69, 9.17) is 10.5 Å². The Bertz CT molecular complexity index is 814. The van der Waals surface area contributed by atoms with E-state index in [1.165, 1.54) is 13.0 Å². The summed E-state index contributed by atoms with van der Waals surface area (Å²) in [5, 5.41) is 6.61. The molecule has 8 heteroatoms. The third kappa shape index (κ3) is 4.66. The van der Waals surface area contributed by atoms with E-state index in [0.29, 0.717) is 12.3 Å². The molecule has 2 aromatic rings. The topological polar surface area (TPSA) is 116 Å². The first-order valence-corrected chi connectivity index (χ1v) is 7.81. The average Bonchev–Trinajstić information content (AvgIpc) is 2.60. The van der Waals surface area contributed by atoms with Gasteiger partial charge in [-0.05, 0) is 44.2 Å². The number of nitrogens with two attached hydrogens (primary N) is 1. The van der Waals surface area contributed by atoms with Crippen LogP contribution in [-0.4, -0.2) is 34.7 Å². The van der Waals surface area contributed by atoms with Crippen LogP contribution in [0, 0.1) is 0 Å². The van der Waals surface area contributed by atoms with Crippen molar-refractivity contribution in [1.29, 1.82) is 0 Å². The number of hydrogen-bond acceptors (Lipinski definition) is 5. The summed E-state index contributed by atoms with van der Waals surface area (Å²) in [6.45, 7) is 3.69. The molecule has 0 fully saturated rings. The Morgan fingerprint density at radius 3 is 2.52 bits per heavy atom. The molecule has 0 radical (unpaired) electrons. The lowest BCUT2D eigenvalue weighted by molar-refractivity contribution is -0.127. The summed E-state index contributed by atoms with van der Waals surface area (Å²) in [6.07, 6.45) is 0. The lowest BCUT2D eigenvalue weighted by Crippen LogP contribution is -2.40. The van der Waals surface area contributed by atoms with E-state index < -0.39 is 23.4 Å². The quantitative estimate of drug-likeness (QED) is 0.757. The number of hydrogen-bond donors (Lipinski definition) is 2. The molecular formula is C17H20N4O4. The van der Waals surface area contributed by atoms with Crippen molar-refractivity contribution in [1.82, 2.24) is 15.1 Å². The Morgan fingerprint density at radius 2 is 1.92 bits per heavy atom. The summed E-state index contributed by atoms with van der Waals surface area (Å²) < 4.78 is 6.46. The molecule has 0 aliphatic rings. The number of nitrogens with zero attached hydrogens (tertiary/aromatic N) is 2. The Morgan fingerprint density at radius 1 is 1.24 bits per heavy atom. The molecule has 2 rings (SSSR count). The number of ether oxygens (including phenoxy) is 1. The normalized spacial score (nSPS) is 11.6. The summed E-state index contributed by atoms with van der Waals surface area (Å²) in [7, 11) is 0. The number of benzene rings is 1. The van der Waals surface area contributed by atoms with E-state index >= 15 is 0 Å². The summed E-state index contributed by atoms with van der Waals surface area (Å²) in [4.78, 5) is 34.8. The van der Waals surface area contributed by atoms with Gasteiger partial charge in [-0.2, -0.15) is 5.10 Å². The van der Waals surface area contributed by atoms with Crippen LogP contribution in [0.15, 0.2) is 41.2 Å². The van der Waals surface area contributed by atoms with Crippen molar-refractivity contribution >= 4 is 11.8 Å². The Hall–Kier alpha value is -3.16. The van der Waals surface area contributed by atoms with Gasteiger partial charge in [0.15, 0.2) is 0 Å². The second-order valence-electron chi connectivity index (χ2n) is 5.32. The summed E-state index contributed by atoms with van der Waals surface area (Å²) in [6, 6.07) is 9.30. The van der Waals surface area contributed by atoms with Gasteiger partial charge in [-0.25, -0.2) is 4.68 Å². The molecule has 132 valence electrons. The predicted molar refractivity (Wildman–Crippen MR) is 92.0 cm³/mol. The van der Waals surface area contributed by atoms with Gasteiger partial charge in [0.05, 0.1) is 18.8 Å². The zero-order valence-electron chi connectivity index (χ0n) is 14.1. The lowest BCUT2D eigenvalue weighted by Gasteiger charge is -2.14. The number of aromatic nitrogens is 2. The largest absolute Gasteiger partial charge is 0.494 e. The first-order valence-electron chi connectivity index (χ1n) is 7.81. The van der Waals surface area contributed by atoms with Gasteiger partial charge in [0.25, 0.3) is 5.56 Å². The van der Waals surface area contributed by atoms with Gasteiger partial charge in [-0.3, -0.25) is 14.4 Å². The zero-order valence-corrected chi connectivity index (χ0v) is 14.1. The highest BCUT2D eigenvalue weighted by atomic mass is 16.5. The van der Waals surface area contributed by atoms with Crippen LogP contribution in [0.1, 0.15) is 19.9 Å². The van der Waals surface area contributed by atoms with Crippen LogP contribution >= 0.6 is 0 Å². The van der Waals surface area contributed by atoms with Crippen LogP contribution in [-0.2, 0) is 9.59 Å². The number of carbonyl (C=O) groups excluding carboxylic acids is 2. The number of primary amides is 1. The minimum absolute atomic E-state index is 0.295. The third-order valence-electron chi connectivity index (χ3n) is 3.47. The van der Waals surface area contributed by atoms with Crippen molar-refractivity contribution in [3.05, 3.63) is 46.8 Å². The molecule has 0 spiro atoms. The molecule has 1 atom stereocenters. The summed E-state index contributed by atoms with van der Waals surface area (Å²) in [5.41, 5.74) is 5.89. The van der Waals surface area contributed by atoms with Crippen LogP contribution in [0.3, 0.4) is 0 Å². The van der Waals surface area contributed by atoms with Crippen LogP contribution in [0.4, 0.5) is 0 Å². The third-order valence-corrected chi connectivity index (χ3v) is 3.47. The average molecular weight is 344 g/mol. The minimum atomic E-state index is -0.880. The Balaban J connectivity index is 2.26. The molecule has 8 nitrogen and oxygen atoms in total. The monoisotopic (exact) mass is 344 g/mol. The highest BCUT2D eigenvalue weighted by Gasteiger charge is 2.18. The van der Waals surface area contributed by atoms with Crippen molar-refractivity contribution in [2.75, 3.05) is 13.2 Å². The molecule has 3 N–H and O–H groups in total. The molecule has 1 heterocycles. The minimum Gasteiger partial charge on any atom is -0.494 e. The lowest BCUT2D eigenvalue weighted by atomic mass is 10.1. The zero-order chi connectivity index (χ0) is 18.4. The number of amides is 2.